The second-order valence-corrected chi connectivity index (χ2v) is 6.57. The number of hydrogen-bond acceptors (Lipinski definition) is 3. The van der Waals surface area contributed by atoms with Crippen molar-refractivity contribution in [2.24, 2.45) is 5.10 Å². The minimum Gasteiger partial charge on any atom is -0.331 e. The Bertz CT molecular complexity index is 996. The van der Waals surface area contributed by atoms with Crippen LogP contribution in [-0.4, -0.2) is 21.9 Å². The first-order chi connectivity index (χ1) is 13.5. The van der Waals surface area contributed by atoms with Gasteiger partial charge in [0, 0.05) is 28.2 Å². The van der Waals surface area contributed by atoms with E-state index in [4.69, 9.17) is 12.2 Å². The summed E-state index contributed by atoms with van der Waals surface area (Å²) in [6.07, 6.45) is 1.67. The van der Waals surface area contributed by atoms with Crippen LogP contribution in [0.3, 0.4) is 0 Å². The Hall–Kier alpha value is -3.45. The molecule has 2 aromatic carbocycles. The van der Waals surface area contributed by atoms with Gasteiger partial charge >= 0.3 is 0 Å². The zero-order valence-corrected chi connectivity index (χ0v) is 16.5. The van der Waals surface area contributed by atoms with E-state index < -0.39 is 0 Å². The van der Waals surface area contributed by atoms with Crippen molar-refractivity contribution in [3.63, 3.8) is 0 Å². The lowest BCUT2D eigenvalue weighted by Crippen LogP contribution is -2.25. The molecule has 0 unspecified atom stereocenters. The Morgan fingerprint density at radius 3 is 2.36 bits per heavy atom. The van der Waals surface area contributed by atoms with Crippen molar-refractivity contribution >= 4 is 35.1 Å². The fourth-order valence-corrected chi connectivity index (χ4v) is 2.86. The molecule has 0 aliphatic rings. The number of aromatic nitrogens is 1. The third kappa shape index (κ3) is 4.83. The molecule has 0 aliphatic carbocycles. The Morgan fingerprint density at radius 2 is 1.68 bits per heavy atom. The summed E-state index contributed by atoms with van der Waals surface area (Å²) in [6.45, 7) is 3.84. The molecule has 1 aromatic heterocycles. The van der Waals surface area contributed by atoms with E-state index in [-0.39, 0.29) is 5.91 Å². The highest BCUT2D eigenvalue weighted by atomic mass is 32.1. The smallest absolute Gasteiger partial charge is 0.270 e. The van der Waals surface area contributed by atoms with Crippen molar-refractivity contribution in [1.82, 2.24) is 10.1 Å². The molecule has 1 heterocycles. The van der Waals surface area contributed by atoms with E-state index in [1.165, 1.54) is 0 Å². The Balaban J connectivity index is 1.63. The number of hydrogen-bond donors (Lipinski definition) is 3. The normalized spacial score (nSPS) is 10.6. The molecule has 3 aromatic rings. The lowest BCUT2D eigenvalue weighted by molar-refractivity contribution is 0.101. The molecule has 7 heteroatoms. The molecule has 0 spiro atoms. The summed E-state index contributed by atoms with van der Waals surface area (Å²) in [6, 6.07) is 20.7. The standard InChI is InChI=1S/C21H21N5OS/c1-15-13-18(14-22-24-21(28)23-19-11-7-4-8-12-19)16(2)26(15)25-20(27)17-9-5-3-6-10-17/h3-14H,1-2H3,(H,25,27)(H2,23,24,28)/b22-14+. The van der Waals surface area contributed by atoms with Gasteiger partial charge in [-0.2, -0.15) is 5.10 Å². The molecule has 0 radical (unpaired) electrons. The van der Waals surface area contributed by atoms with E-state index in [2.05, 4.69) is 21.3 Å². The molecule has 3 rings (SSSR count). The second kappa shape index (κ2) is 8.96. The zero-order valence-electron chi connectivity index (χ0n) is 15.6. The predicted octanol–water partition coefficient (Wildman–Crippen LogP) is 3.81. The van der Waals surface area contributed by atoms with Crippen molar-refractivity contribution in [3.8, 4) is 0 Å². The highest BCUT2D eigenvalue weighted by molar-refractivity contribution is 7.80. The van der Waals surface area contributed by atoms with Crippen molar-refractivity contribution < 1.29 is 4.79 Å². The molecule has 0 bridgehead atoms. The molecule has 28 heavy (non-hydrogen) atoms. The molecule has 0 saturated carbocycles. The number of carbonyl (C=O) groups is 1. The van der Waals surface area contributed by atoms with Gasteiger partial charge in [0.15, 0.2) is 5.11 Å². The topological polar surface area (TPSA) is 70.5 Å². The molecule has 6 nitrogen and oxygen atoms in total. The Morgan fingerprint density at radius 1 is 1.04 bits per heavy atom. The Labute approximate surface area is 169 Å². The number of amides is 1. The first-order valence-electron chi connectivity index (χ1n) is 8.75. The first-order valence-corrected chi connectivity index (χ1v) is 9.16. The third-order valence-electron chi connectivity index (χ3n) is 4.12. The summed E-state index contributed by atoms with van der Waals surface area (Å²) in [5.41, 5.74) is 9.83. The second-order valence-electron chi connectivity index (χ2n) is 6.16. The summed E-state index contributed by atoms with van der Waals surface area (Å²) >= 11 is 5.23. The number of para-hydroxylation sites is 1. The summed E-state index contributed by atoms with van der Waals surface area (Å²) < 4.78 is 1.75. The van der Waals surface area contributed by atoms with E-state index >= 15 is 0 Å². The van der Waals surface area contributed by atoms with Gasteiger partial charge in [0.05, 0.1) is 6.21 Å². The van der Waals surface area contributed by atoms with Crippen molar-refractivity contribution in [2.45, 2.75) is 13.8 Å². The quantitative estimate of drug-likeness (QED) is 0.351. The van der Waals surface area contributed by atoms with Crippen molar-refractivity contribution in [2.75, 3.05) is 10.7 Å². The van der Waals surface area contributed by atoms with Crippen LogP contribution in [0.4, 0.5) is 5.69 Å². The maximum atomic E-state index is 12.4. The van der Waals surface area contributed by atoms with Gasteiger partial charge in [-0.3, -0.25) is 20.3 Å². The van der Waals surface area contributed by atoms with Crippen LogP contribution in [0.5, 0.6) is 0 Å². The molecular weight excluding hydrogens is 370 g/mol. The number of nitrogens with one attached hydrogen (secondary N) is 3. The van der Waals surface area contributed by atoms with Gasteiger partial charge in [-0.15, -0.1) is 0 Å². The SMILES string of the molecule is Cc1cc(/C=N/NC(=S)Nc2ccccc2)c(C)n1NC(=O)c1ccccc1. The fourth-order valence-electron chi connectivity index (χ4n) is 2.69. The molecule has 0 aliphatic heterocycles. The van der Waals surface area contributed by atoms with Crippen LogP contribution in [0, 0.1) is 13.8 Å². The van der Waals surface area contributed by atoms with Crippen LogP contribution in [0.15, 0.2) is 71.8 Å². The summed E-state index contributed by atoms with van der Waals surface area (Å²) in [7, 11) is 0. The number of aryl methyl sites for hydroxylation is 1. The van der Waals surface area contributed by atoms with Crippen LogP contribution in [0.25, 0.3) is 0 Å². The molecular formula is C21H21N5OS. The van der Waals surface area contributed by atoms with Crippen molar-refractivity contribution in [1.29, 1.82) is 0 Å². The summed E-state index contributed by atoms with van der Waals surface area (Å²) in [4.78, 5) is 12.4. The fraction of sp³-hybridized carbons (Fsp3) is 0.0952. The average molecular weight is 392 g/mol. The van der Waals surface area contributed by atoms with E-state index in [1.54, 1.807) is 23.0 Å². The highest BCUT2D eigenvalue weighted by Gasteiger charge is 2.11. The third-order valence-corrected chi connectivity index (χ3v) is 4.31. The lowest BCUT2D eigenvalue weighted by atomic mass is 10.2. The summed E-state index contributed by atoms with van der Waals surface area (Å²) in [5, 5.41) is 7.63. The predicted molar refractivity (Wildman–Crippen MR) is 117 cm³/mol. The summed E-state index contributed by atoms with van der Waals surface area (Å²) in [5.74, 6) is -0.169. The first kappa shape index (κ1) is 19.3. The zero-order chi connectivity index (χ0) is 19.9. The van der Waals surface area contributed by atoms with Gasteiger partial charge in [0.2, 0.25) is 0 Å². The van der Waals surface area contributed by atoms with Crippen LogP contribution >= 0.6 is 12.2 Å². The van der Waals surface area contributed by atoms with E-state index in [1.807, 2.05) is 68.4 Å². The van der Waals surface area contributed by atoms with E-state index in [0.717, 1.165) is 22.6 Å². The number of benzene rings is 2. The van der Waals surface area contributed by atoms with Gasteiger partial charge in [-0.05, 0) is 56.4 Å². The van der Waals surface area contributed by atoms with Crippen molar-refractivity contribution in [3.05, 3.63) is 89.2 Å². The molecule has 3 N–H and O–H groups in total. The lowest BCUT2D eigenvalue weighted by Gasteiger charge is -2.11. The minimum absolute atomic E-state index is 0.169. The molecule has 0 saturated heterocycles. The number of anilines is 1. The molecule has 1 amide bonds. The number of thiocarbonyl (C=S) groups is 1. The van der Waals surface area contributed by atoms with E-state index in [0.29, 0.717) is 10.7 Å². The Kier molecular flexibility index (Phi) is 6.18. The molecule has 0 fully saturated rings. The number of carbonyl (C=O) groups excluding carboxylic acids is 1. The maximum Gasteiger partial charge on any atom is 0.270 e. The minimum atomic E-state index is -0.169. The molecule has 142 valence electrons. The number of nitrogens with zero attached hydrogens (tertiary/aromatic N) is 2. The van der Waals surface area contributed by atoms with Crippen LogP contribution in [-0.2, 0) is 0 Å². The van der Waals surface area contributed by atoms with Gasteiger partial charge in [0.1, 0.15) is 0 Å². The number of hydrazone groups is 1. The largest absolute Gasteiger partial charge is 0.331 e. The maximum absolute atomic E-state index is 12.4. The highest BCUT2D eigenvalue weighted by Crippen LogP contribution is 2.12. The van der Waals surface area contributed by atoms with Gasteiger partial charge < -0.3 is 5.32 Å². The van der Waals surface area contributed by atoms with Gasteiger partial charge in [-0.25, -0.2) is 0 Å². The monoisotopic (exact) mass is 391 g/mol. The van der Waals surface area contributed by atoms with E-state index in [9.17, 15) is 4.79 Å². The van der Waals surface area contributed by atoms with Gasteiger partial charge in [-0.1, -0.05) is 36.4 Å². The van der Waals surface area contributed by atoms with Crippen LogP contribution in [0.1, 0.15) is 27.3 Å². The number of rotatable bonds is 5. The van der Waals surface area contributed by atoms with Crippen LogP contribution in [0.2, 0.25) is 0 Å². The average Bonchev–Trinajstić information content (AvgIpc) is 2.97. The molecule has 0 atom stereocenters. The van der Waals surface area contributed by atoms with Crippen LogP contribution < -0.4 is 16.2 Å². The van der Waals surface area contributed by atoms with Gasteiger partial charge in [0.25, 0.3) is 5.91 Å².